The number of rotatable bonds is 4. The standard InChI is InChI=1S/C8H5F2NO4.C7H3F2NO4.CH4O.H2O4S.H2/c1-15-8(12)4-2-5(9)6(10)3-7(4)11(13)14;8-4-1-3(7(11)12)6(10(13)14)2-5(4)9;1-2;1-5(2,3)4;/h2-3H,1H3;1-2H,(H,11,12);2H,1H3;(H2,1,2,3,4);1H/i;;;;1+1. The molecule has 36 heavy (non-hydrogen) atoms. The van der Waals surface area contributed by atoms with Gasteiger partial charge in [0, 0.05) is 8.54 Å². The maximum absolute atomic E-state index is 12.7. The number of hydrogen-bond acceptors (Lipinski definition) is 10. The Balaban J connectivity index is -0.000000491. The van der Waals surface area contributed by atoms with E-state index in [0.717, 1.165) is 14.2 Å². The molecule has 0 aliphatic rings. The van der Waals surface area contributed by atoms with Crippen LogP contribution in [0, 0.1) is 43.5 Å². The van der Waals surface area contributed by atoms with Crippen LogP contribution in [0.25, 0.3) is 0 Å². The number of benzene rings is 2. The van der Waals surface area contributed by atoms with Crippen molar-refractivity contribution in [3.8, 4) is 0 Å². The molecule has 0 fully saturated rings. The number of aliphatic hydroxyl groups excluding tert-OH is 1. The number of carbonyl (C=O) groups is 2. The van der Waals surface area contributed by atoms with Crippen molar-refractivity contribution in [1.82, 2.24) is 0 Å². The lowest BCUT2D eigenvalue weighted by Gasteiger charge is -2.01. The van der Waals surface area contributed by atoms with Gasteiger partial charge < -0.3 is 14.9 Å². The molecule has 0 saturated carbocycles. The summed E-state index contributed by atoms with van der Waals surface area (Å²) in [5, 5.41) is 36.1. The minimum atomic E-state index is -4.67. The van der Waals surface area contributed by atoms with Crippen LogP contribution in [0.5, 0.6) is 0 Å². The summed E-state index contributed by atoms with van der Waals surface area (Å²) < 4.78 is 86.2. The lowest BCUT2D eigenvalue weighted by Crippen LogP contribution is -2.07. The summed E-state index contributed by atoms with van der Waals surface area (Å²) in [4.78, 5) is 40.0. The number of methoxy groups -OCH3 is 1. The summed E-state index contributed by atoms with van der Waals surface area (Å²) in [6.07, 6.45) is 0. The Labute approximate surface area is 198 Å². The third kappa shape index (κ3) is 11.7. The van der Waals surface area contributed by atoms with Gasteiger partial charge in [0.2, 0.25) is 0 Å². The van der Waals surface area contributed by atoms with Crippen LogP contribution in [0.15, 0.2) is 24.3 Å². The zero-order valence-corrected chi connectivity index (χ0v) is 18.4. The SMILES string of the molecule is CO.COC(=O)c1cc(F)c(F)cc1[N+](=O)[O-].O=C(O)c1cc(F)c(F)cc1[N+](=O)[O-].O=S(=O)(O)O.[2HH]. The van der Waals surface area contributed by atoms with Gasteiger partial charge in [0.1, 0.15) is 11.1 Å². The number of aromatic carboxylic acids is 1. The average Bonchev–Trinajstić information content (AvgIpc) is 2.76. The predicted molar refractivity (Wildman–Crippen MR) is 109 cm³/mol. The molecule has 0 unspecified atom stereocenters. The van der Waals surface area contributed by atoms with Crippen molar-refractivity contribution in [2.75, 3.05) is 14.2 Å². The number of nitrogens with zero attached hydrogens (tertiary/aromatic N) is 2. The van der Waals surface area contributed by atoms with Crippen molar-refractivity contribution < 1.29 is 70.9 Å². The highest BCUT2D eigenvalue weighted by atomic mass is 32.3. The van der Waals surface area contributed by atoms with Crippen molar-refractivity contribution in [2.24, 2.45) is 0 Å². The van der Waals surface area contributed by atoms with Crippen molar-refractivity contribution in [3.63, 3.8) is 0 Å². The summed E-state index contributed by atoms with van der Waals surface area (Å²) in [5.41, 5.74) is -3.31. The Morgan fingerprint density at radius 2 is 1.11 bits per heavy atom. The van der Waals surface area contributed by atoms with Gasteiger partial charge in [-0.15, -0.1) is 0 Å². The number of ether oxygens (including phenoxy) is 1. The monoisotopic (exact) mass is 553 g/mol. The number of nitro groups is 2. The molecule has 0 aromatic heterocycles. The third-order valence-corrected chi connectivity index (χ3v) is 3.11. The molecule has 0 atom stereocenters. The van der Waals surface area contributed by atoms with Crippen LogP contribution in [0.4, 0.5) is 28.9 Å². The molecule has 0 saturated heterocycles. The largest absolute Gasteiger partial charge is 0.477 e. The van der Waals surface area contributed by atoms with Crippen LogP contribution >= 0.6 is 0 Å². The molecule has 2 aromatic carbocycles. The third-order valence-electron chi connectivity index (χ3n) is 3.11. The van der Waals surface area contributed by atoms with E-state index < -0.39 is 78.0 Å². The lowest BCUT2D eigenvalue weighted by molar-refractivity contribution is -0.385. The summed E-state index contributed by atoms with van der Waals surface area (Å²) in [7, 11) is -2.69. The molecular formula is C16H16F4N2O13S. The first kappa shape index (κ1) is 33.9. The number of halogens is 4. The van der Waals surface area contributed by atoms with Gasteiger partial charge in [-0.1, -0.05) is 0 Å². The Morgan fingerprint density at radius 3 is 1.39 bits per heavy atom. The fraction of sp³-hybridized carbons (Fsp3) is 0.125. The van der Waals surface area contributed by atoms with Gasteiger partial charge in [-0.05, 0) is 12.1 Å². The van der Waals surface area contributed by atoms with Gasteiger partial charge in [0.25, 0.3) is 11.4 Å². The van der Waals surface area contributed by atoms with Crippen LogP contribution in [-0.2, 0) is 15.1 Å². The van der Waals surface area contributed by atoms with E-state index in [4.69, 9.17) is 27.7 Å². The summed E-state index contributed by atoms with van der Waals surface area (Å²) in [5.74, 6) is -8.42. The molecule has 15 nitrogen and oxygen atoms in total. The maximum atomic E-state index is 12.7. The van der Waals surface area contributed by atoms with Crippen LogP contribution in [0.3, 0.4) is 0 Å². The number of carbonyl (C=O) groups excluding carboxylic acids is 1. The summed E-state index contributed by atoms with van der Waals surface area (Å²) >= 11 is 0. The molecule has 202 valence electrons. The number of carboxylic acid groups (broad SMARTS) is 1. The molecule has 0 spiro atoms. The summed E-state index contributed by atoms with van der Waals surface area (Å²) in [6, 6.07) is 1.27. The number of carboxylic acids is 1. The Hall–Kier alpha value is -4.27. The normalized spacial score (nSPS) is 9.69. The van der Waals surface area contributed by atoms with E-state index in [9.17, 15) is 47.4 Å². The zero-order valence-electron chi connectivity index (χ0n) is 17.6. The molecule has 4 N–H and O–H groups in total. The lowest BCUT2D eigenvalue weighted by atomic mass is 10.1. The van der Waals surface area contributed by atoms with Crippen LogP contribution in [0.2, 0.25) is 0 Å². The minimum absolute atomic E-state index is 0. The average molecular weight is 553 g/mol. The topological polar surface area (TPSA) is 245 Å². The smallest absolute Gasteiger partial charge is 0.394 e. The van der Waals surface area contributed by atoms with E-state index >= 15 is 0 Å². The molecule has 0 aliphatic heterocycles. The highest BCUT2D eigenvalue weighted by Crippen LogP contribution is 2.23. The second-order valence-electron chi connectivity index (χ2n) is 5.33. The molecule has 0 radical (unpaired) electrons. The molecule has 0 heterocycles. The zero-order chi connectivity index (χ0) is 29.0. The quantitative estimate of drug-likeness (QED) is 0.140. The van der Waals surface area contributed by atoms with Crippen LogP contribution < -0.4 is 0 Å². The molecule has 20 heteroatoms. The molecule has 2 aromatic rings. The Bertz CT molecular complexity index is 1200. The first-order valence-corrected chi connectivity index (χ1v) is 9.53. The van der Waals surface area contributed by atoms with E-state index in [-0.39, 0.29) is 13.6 Å². The molecule has 0 bridgehead atoms. The summed E-state index contributed by atoms with van der Waals surface area (Å²) in [6.45, 7) is 0. The number of esters is 1. The minimum Gasteiger partial charge on any atom is -0.477 e. The van der Waals surface area contributed by atoms with E-state index in [0.29, 0.717) is 12.1 Å². The predicted octanol–water partition coefficient (Wildman–Crippen LogP) is 2.43. The molecule has 0 amide bonds. The van der Waals surface area contributed by atoms with Crippen LogP contribution in [0.1, 0.15) is 22.1 Å². The molecule has 0 aliphatic carbocycles. The Kier molecular flexibility index (Phi) is 14.0. The van der Waals surface area contributed by atoms with Gasteiger partial charge in [0.05, 0.1) is 29.1 Å². The van der Waals surface area contributed by atoms with Crippen molar-refractivity contribution in [3.05, 3.63) is 78.9 Å². The van der Waals surface area contributed by atoms with E-state index in [1.807, 2.05) is 0 Å². The van der Waals surface area contributed by atoms with Gasteiger partial charge in [-0.3, -0.25) is 29.3 Å². The first-order valence-electron chi connectivity index (χ1n) is 8.13. The van der Waals surface area contributed by atoms with Crippen molar-refractivity contribution in [2.45, 2.75) is 0 Å². The highest BCUT2D eigenvalue weighted by Gasteiger charge is 2.24. The van der Waals surface area contributed by atoms with Gasteiger partial charge >= 0.3 is 22.3 Å². The highest BCUT2D eigenvalue weighted by molar-refractivity contribution is 7.79. The van der Waals surface area contributed by atoms with Gasteiger partial charge in [0.15, 0.2) is 23.3 Å². The maximum Gasteiger partial charge on any atom is 0.394 e. The Morgan fingerprint density at radius 1 is 0.833 bits per heavy atom. The van der Waals surface area contributed by atoms with Gasteiger partial charge in [-0.25, -0.2) is 27.2 Å². The fourth-order valence-electron chi connectivity index (χ4n) is 1.82. The number of hydrogen-bond donors (Lipinski definition) is 4. The van der Waals surface area contributed by atoms with Gasteiger partial charge in [-0.2, -0.15) is 8.42 Å². The van der Waals surface area contributed by atoms with E-state index in [2.05, 4.69) is 4.74 Å². The van der Waals surface area contributed by atoms with Crippen molar-refractivity contribution in [1.29, 1.82) is 0 Å². The van der Waals surface area contributed by atoms with Crippen molar-refractivity contribution >= 4 is 33.7 Å². The number of nitro benzene ring substituents is 2. The second-order valence-corrected chi connectivity index (χ2v) is 6.22. The fourth-order valence-corrected chi connectivity index (χ4v) is 1.82. The first-order chi connectivity index (χ1) is 16.4. The van der Waals surface area contributed by atoms with E-state index in [1.165, 1.54) is 0 Å². The second kappa shape index (κ2) is 14.9. The van der Waals surface area contributed by atoms with E-state index in [1.54, 1.807) is 0 Å². The number of aliphatic hydroxyl groups is 1. The molecule has 2 rings (SSSR count). The van der Waals surface area contributed by atoms with Crippen LogP contribution in [-0.4, -0.2) is 63.7 Å². The molecular weight excluding hydrogens is 536 g/mol.